The van der Waals surface area contributed by atoms with Crippen molar-refractivity contribution in [2.75, 3.05) is 5.32 Å². The van der Waals surface area contributed by atoms with Crippen molar-refractivity contribution in [1.82, 2.24) is 9.78 Å². The number of aromatic nitrogens is 2. The van der Waals surface area contributed by atoms with Gasteiger partial charge in [0.2, 0.25) is 0 Å². The lowest BCUT2D eigenvalue weighted by Crippen LogP contribution is -2.25. The van der Waals surface area contributed by atoms with E-state index >= 15 is 0 Å². The number of anilines is 1. The summed E-state index contributed by atoms with van der Waals surface area (Å²) < 4.78 is 78.7. The molecule has 1 heterocycles. The van der Waals surface area contributed by atoms with Gasteiger partial charge in [-0.05, 0) is 24.3 Å². The van der Waals surface area contributed by atoms with Crippen LogP contribution < -0.4 is 10.9 Å². The molecule has 29 heavy (non-hydrogen) atoms. The van der Waals surface area contributed by atoms with E-state index < -0.39 is 40.6 Å². The van der Waals surface area contributed by atoms with Crippen LogP contribution in [0.15, 0.2) is 47.3 Å². The summed E-state index contributed by atoms with van der Waals surface area (Å²) >= 11 is 0. The van der Waals surface area contributed by atoms with Gasteiger partial charge in [0.15, 0.2) is 5.69 Å². The average Bonchev–Trinajstić information content (AvgIpc) is 2.63. The third-order valence-corrected chi connectivity index (χ3v) is 4.02. The fourth-order valence-corrected chi connectivity index (χ4v) is 2.68. The number of nitrogens with zero attached hydrogens (tertiary/aromatic N) is 2. The Morgan fingerprint density at radius 2 is 1.45 bits per heavy atom. The molecule has 1 aromatic heterocycles. The van der Waals surface area contributed by atoms with Crippen LogP contribution in [-0.2, 0) is 19.4 Å². The summed E-state index contributed by atoms with van der Waals surface area (Å²) in [6.07, 6.45) is -10.1. The van der Waals surface area contributed by atoms with Gasteiger partial charge in [0.1, 0.15) is 0 Å². The summed E-state index contributed by atoms with van der Waals surface area (Å²) in [7, 11) is 1.26. The summed E-state index contributed by atoms with van der Waals surface area (Å²) in [4.78, 5) is 24.7. The number of amides is 1. The quantitative estimate of drug-likeness (QED) is 0.638. The number of carbonyl (C=O) groups is 1. The number of benzene rings is 2. The fourth-order valence-electron chi connectivity index (χ4n) is 2.68. The smallest absolute Gasteiger partial charge is 0.321 e. The molecule has 152 valence electrons. The van der Waals surface area contributed by atoms with Gasteiger partial charge in [-0.2, -0.15) is 31.4 Å². The topological polar surface area (TPSA) is 64.0 Å². The molecule has 0 unspecified atom stereocenters. The van der Waals surface area contributed by atoms with Crippen LogP contribution in [0.25, 0.3) is 10.8 Å². The number of alkyl halides is 6. The minimum absolute atomic E-state index is 0.0461. The lowest BCUT2D eigenvalue weighted by Gasteiger charge is -2.15. The molecule has 0 aliphatic rings. The van der Waals surface area contributed by atoms with Crippen molar-refractivity contribution in [2.24, 2.45) is 7.05 Å². The average molecular weight is 415 g/mol. The normalized spacial score (nSPS) is 12.2. The van der Waals surface area contributed by atoms with E-state index in [0.717, 1.165) is 4.68 Å². The van der Waals surface area contributed by atoms with Crippen LogP contribution in [0.2, 0.25) is 0 Å². The summed E-state index contributed by atoms with van der Waals surface area (Å²) in [5.41, 5.74) is -4.69. The van der Waals surface area contributed by atoms with Gasteiger partial charge in [-0.15, -0.1) is 0 Å². The molecule has 5 nitrogen and oxygen atoms in total. The van der Waals surface area contributed by atoms with Gasteiger partial charge >= 0.3 is 12.4 Å². The molecular weight excluding hydrogens is 404 g/mol. The second-order valence-corrected chi connectivity index (χ2v) is 6.07. The van der Waals surface area contributed by atoms with Crippen LogP contribution in [0.4, 0.5) is 32.0 Å². The van der Waals surface area contributed by atoms with Crippen molar-refractivity contribution in [1.29, 1.82) is 0 Å². The van der Waals surface area contributed by atoms with E-state index in [4.69, 9.17) is 0 Å². The zero-order valence-corrected chi connectivity index (χ0v) is 14.5. The summed E-state index contributed by atoms with van der Waals surface area (Å²) in [6, 6.07) is 6.58. The maximum atomic E-state index is 13.0. The minimum atomic E-state index is -5.05. The second-order valence-electron chi connectivity index (χ2n) is 6.07. The van der Waals surface area contributed by atoms with Crippen molar-refractivity contribution in [3.8, 4) is 0 Å². The van der Waals surface area contributed by atoms with Crippen LogP contribution >= 0.6 is 0 Å². The van der Waals surface area contributed by atoms with Crippen LogP contribution in [0, 0.1) is 0 Å². The molecule has 0 aliphatic heterocycles. The van der Waals surface area contributed by atoms with Crippen LogP contribution in [0.3, 0.4) is 0 Å². The Hall–Kier alpha value is -3.37. The third kappa shape index (κ3) is 4.08. The Balaban J connectivity index is 2.09. The van der Waals surface area contributed by atoms with Gasteiger partial charge < -0.3 is 5.32 Å². The largest absolute Gasteiger partial charge is 0.416 e. The van der Waals surface area contributed by atoms with Crippen LogP contribution in [0.5, 0.6) is 0 Å². The monoisotopic (exact) mass is 415 g/mol. The molecule has 0 saturated carbocycles. The highest BCUT2D eigenvalue weighted by Crippen LogP contribution is 2.37. The maximum Gasteiger partial charge on any atom is 0.416 e. The first-order valence-corrected chi connectivity index (χ1v) is 7.95. The standard InChI is InChI=1S/C18H11F6N3O2/c1-27-16(29)13-5-3-2-4-12(13)14(26-27)15(28)25-11-7-9(17(19,20)21)6-10(8-11)18(22,23)24/h2-8H,1H3,(H,25,28). The number of nitrogens with one attached hydrogen (secondary N) is 1. The molecule has 1 amide bonds. The van der Waals surface area contributed by atoms with Gasteiger partial charge in [0.25, 0.3) is 11.5 Å². The highest BCUT2D eigenvalue weighted by molar-refractivity contribution is 6.11. The predicted octanol–water partition coefficient (Wildman–Crippen LogP) is 4.22. The highest BCUT2D eigenvalue weighted by atomic mass is 19.4. The SMILES string of the molecule is Cn1nc(C(=O)Nc2cc(C(F)(F)F)cc(C(F)(F)F)c2)c2ccccc2c1=O. The number of fused-ring (bicyclic) bond motifs is 1. The molecule has 11 heteroatoms. The number of hydrogen-bond donors (Lipinski definition) is 1. The Kier molecular flexibility index (Phi) is 4.85. The van der Waals surface area contributed by atoms with E-state index in [2.05, 4.69) is 5.10 Å². The van der Waals surface area contributed by atoms with Crippen molar-refractivity contribution < 1.29 is 31.1 Å². The zero-order valence-electron chi connectivity index (χ0n) is 14.5. The van der Waals surface area contributed by atoms with Crippen LogP contribution in [-0.4, -0.2) is 15.7 Å². The van der Waals surface area contributed by atoms with Crippen molar-refractivity contribution in [2.45, 2.75) is 12.4 Å². The number of hydrogen-bond acceptors (Lipinski definition) is 3. The lowest BCUT2D eigenvalue weighted by molar-refractivity contribution is -0.143. The zero-order chi connectivity index (χ0) is 21.6. The molecule has 3 rings (SSSR count). The van der Waals surface area contributed by atoms with Gasteiger partial charge in [0, 0.05) is 18.1 Å². The number of halogens is 6. The first-order valence-electron chi connectivity index (χ1n) is 7.95. The molecule has 0 radical (unpaired) electrons. The molecule has 1 N–H and O–H groups in total. The number of aryl methyl sites for hydroxylation is 1. The first kappa shape index (κ1) is 20.4. The molecule has 0 spiro atoms. The highest BCUT2D eigenvalue weighted by Gasteiger charge is 2.37. The van der Waals surface area contributed by atoms with E-state index in [1.165, 1.54) is 31.3 Å². The summed E-state index contributed by atoms with van der Waals surface area (Å²) in [6.45, 7) is 0. The van der Waals surface area contributed by atoms with Gasteiger partial charge in [-0.1, -0.05) is 18.2 Å². The fraction of sp³-hybridized carbons (Fsp3) is 0.167. The van der Waals surface area contributed by atoms with Gasteiger partial charge in [0.05, 0.1) is 16.5 Å². The lowest BCUT2D eigenvalue weighted by atomic mass is 10.1. The van der Waals surface area contributed by atoms with E-state index in [-0.39, 0.29) is 22.5 Å². The third-order valence-electron chi connectivity index (χ3n) is 4.02. The van der Waals surface area contributed by atoms with Crippen molar-refractivity contribution in [3.63, 3.8) is 0 Å². The summed E-state index contributed by atoms with van der Waals surface area (Å²) in [5.74, 6) is -1.07. The van der Waals surface area contributed by atoms with E-state index in [1.54, 1.807) is 0 Å². The Bertz CT molecular complexity index is 1130. The molecule has 3 aromatic rings. The van der Waals surface area contributed by atoms with Gasteiger partial charge in [-0.25, -0.2) is 4.68 Å². The Labute approximate surface area is 158 Å². The molecule has 2 aromatic carbocycles. The van der Waals surface area contributed by atoms with E-state index in [0.29, 0.717) is 12.1 Å². The molecule has 0 aliphatic carbocycles. The predicted molar refractivity (Wildman–Crippen MR) is 91.4 cm³/mol. The maximum absolute atomic E-state index is 13.0. The molecule has 0 bridgehead atoms. The van der Waals surface area contributed by atoms with E-state index in [1.807, 2.05) is 5.32 Å². The van der Waals surface area contributed by atoms with Crippen molar-refractivity contribution >= 4 is 22.4 Å². The molecule has 0 atom stereocenters. The van der Waals surface area contributed by atoms with Gasteiger partial charge in [-0.3, -0.25) is 9.59 Å². The molecule has 0 saturated heterocycles. The molecular formula is C18H11F6N3O2. The Morgan fingerprint density at radius 1 is 0.931 bits per heavy atom. The number of carbonyl (C=O) groups excluding carboxylic acids is 1. The van der Waals surface area contributed by atoms with Crippen molar-refractivity contribution in [3.05, 3.63) is 69.6 Å². The van der Waals surface area contributed by atoms with Crippen LogP contribution in [0.1, 0.15) is 21.6 Å². The Morgan fingerprint density at radius 3 is 1.97 bits per heavy atom. The van der Waals surface area contributed by atoms with E-state index in [9.17, 15) is 35.9 Å². The number of rotatable bonds is 2. The summed E-state index contributed by atoms with van der Waals surface area (Å²) in [5, 5.41) is 6.02. The molecule has 0 fully saturated rings. The first-order chi connectivity index (χ1) is 13.4. The minimum Gasteiger partial charge on any atom is -0.321 e. The second kappa shape index (κ2) is 6.90.